The van der Waals surface area contributed by atoms with Crippen molar-refractivity contribution in [3.8, 4) is 0 Å². The maximum atomic E-state index is 12.7. The zero-order valence-electron chi connectivity index (χ0n) is 16.1. The second-order valence-electron chi connectivity index (χ2n) is 7.40. The Hall–Kier alpha value is -2.57. The molecule has 152 valence electrons. The topological polar surface area (TPSA) is 61.9 Å². The highest BCUT2D eigenvalue weighted by atomic mass is 35.5. The summed E-state index contributed by atoms with van der Waals surface area (Å²) < 4.78 is 5.38. The quantitative estimate of drug-likeness (QED) is 0.817. The van der Waals surface area contributed by atoms with E-state index in [1.165, 1.54) is 0 Å². The molecule has 0 aromatic heterocycles. The minimum atomic E-state index is -0.357. The number of morpholine rings is 1. The van der Waals surface area contributed by atoms with Crippen LogP contribution in [0.3, 0.4) is 0 Å². The number of anilines is 2. The largest absolute Gasteiger partial charge is 0.378 e. The highest BCUT2D eigenvalue weighted by Crippen LogP contribution is 2.25. The molecule has 2 fully saturated rings. The van der Waals surface area contributed by atoms with Crippen LogP contribution in [0.25, 0.3) is 0 Å². The number of benzene rings is 2. The highest BCUT2D eigenvalue weighted by molar-refractivity contribution is 6.31. The third kappa shape index (κ3) is 4.71. The molecule has 0 bridgehead atoms. The molecule has 1 N–H and O–H groups in total. The Morgan fingerprint density at radius 1 is 1.10 bits per heavy atom. The summed E-state index contributed by atoms with van der Waals surface area (Å²) in [5, 5.41) is 3.58. The van der Waals surface area contributed by atoms with Crippen LogP contribution in [0.2, 0.25) is 5.02 Å². The summed E-state index contributed by atoms with van der Waals surface area (Å²) in [6.45, 7) is 4.05. The van der Waals surface area contributed by atoms with Gasteiger partial charge >= 0.3 is 0 Å². The van der Waals surface area contributed by atoms with Crippen LogP contribution in [0.5, 0.6) is 0 Å². The second kappa shape index (κ2) is 8.84. The van der Waals surface area contributed by atoms with Crippen LogP contribution in [0.1, 0.15) is 12.0 Å². The molecule has 29 heavy (non-hydrogen) atoms. The molecule has 2 aromatic rings. The van der Waals surface area contributed by atoms with Gasteiger partial charge in [-0.15, -0.1) is 0 Å². The van der Waals surface area contributed by atoms with Crippen LogP contribution >= 0.6 is 11.6 Å². The second-order valence-corrected chi connectivity index (χ2v) is 7.81. The third-order valence-electron chi connectivity index (χ3n) is 5.42. The van der Waals surface area contributed by atoms with Crippen LogP contribution < -0.4 is 10.2 Å². The summed E-state index contributed by atoms with van der Waals surface area (Å²) in [6.07, 6.45) is 0.224. The van der Waals surface area contributed by atoms with Crippen molar-refractivity contribution >= 4 is 34.8 Å². The summed E-state index contributed by atoms with van der Waals surface area (Å²) in [4.78, 5) is 29.0. The van der Waals surface area contributed by atoms with Crippen molar-refractivity contribution in [3.63, 3.8) is 0 Å². The van der Waals surface area contributed by atoms with E-state index in [1.807, 2.05) is 48.5 Å². The number of hydrogen-bond donors (Lipinski definition) is 1. The first-order valence-corrected chi connectivity index (χ1v) is 10.2. The number of carbonyl (C=O) groups is 2. The van der Waals surface area contributed by atoms with Crippen molar-refractivity contribution in [1.29, 1.82) is 0 Å². The van der Waals surface area contributed by atoms with Crippen molar-refractivity contribution in [1.82, 2.24) is 4.90 Å². The van der Waals surface area contributed by atoms with E-state index < -0.39 is 0 Å². The first-order chi connectivity index (χ1) is 14.1. The normalized spacial score (nSPS) is 19.5. The number of carbonyl (C=O) groups excluding carboxylic acids is 2. The van der Waals surface area contributed by atoms with Crippen molar-refractivity contribution in [2.45, 2.75) is 13.0 Å². The fraction of sp³-hybridized carbons (Fsp3) is 0.364. The Kier molecular flexibility index (Phi) is 6.02. The van der Waals surface area contributed by atoms with Gasteiger partial charge in [0.2, 0.25) is 11.8 Å². The minimum absolute atomic E-state index is 0.0206. The van der Waals surface area contributed by atoms with Gasteiger partial charge in [-0.3, -0.25) is 9.59 Å². The zero-order valence-corrected chi connectivity index (χ0v) is 16.9. The van der Waals surface area contributed by atoms with Gasteiger partial charge in [-0.05, 0) is 35.9 Å². The van der Waals surface area contributed by atoms with E-state index in [-0.39, 0.29) is 24.2 Å². The molecule has 0 saturated carbocycles. The molecule has 0 aliphatic carbocycles. The van der Waals surface area contributed by atoms with Gasteiger partial charge < -0.3 is 19.9 Å². The maximum absolute atomic E-state index is 12.7. The fourth-order valence-electron chi connectivity index (χ4n) is 3.75. The first-order valence-electron chi connectivity index (χ1n) is 9.85. The summed E-state index contributed by atoms with van der Waals surface area (Å²) in [7, 11) is 0. The number of amides is 2. The van der Waals surface area contributed by atoms with Gasteiger partial charge in [0, 0.05) is 49.0 Å². The van der Waals surface area contributed by atoms with E-state index in [0.717, 1.165) is 43.2 Å². The number of nitrogens with one attached hydrogen (secondary N) is 1. The molecule has 2 heterocycles. The van der Waals surface area contributed by atoms with Crippen LogP contribution in [-0.2, 0) is 20.9 Å². The summed E-state index contributed by atoms with van der Waals surface area (Å²) in [5.74, 6) is -0.504. The molecule has 2 aliphatic heterocycles. The van der Waals surface area contributed by atoms with Crippen LogP contribution in [0.15, 0.2) is 48.5 Å². The van der Waals surface area contributed by atoms with Gasteiger partial charge in [0.1, 0.15) is 0 Å². The maximum Gasteiger partial charge on any atom is 0.229 e. The lowest BCUT2D eigenvalue weighted by atomic mass is 10.1. The monoisotopic (exact) mass is 413 g/mol. The van der Waals surface area contributed by atoms with E-state index in [1.54, 1.807) is 4.90 Å². The minimum Gasteiger partial charge on any atom is -0.378 e. The molecule has 2 aromatic carbocycles. The van der Waals surface area contributed by atoms with Crippen molar-refractivity contribution in [2.75, 3.05) is 43.1 Å². The lowest BCUT2D eigenvalue weighted by Crippen LogP contribution is -2.36. The number of likely N-dealkylation sites (tertiary alicyclic amines) is 1. The molecular weight excluding hydrogens is 390 g/mol. The Morgan fingerprint density at radius 3 is 2.55 bits per heavy atom. The van der Waals surface area contributed by atoms with E-state index >= 15 is 0 Å². The third-order valence-corrected chi connectivity index (χ3v) is 5.78. The van der Waals surface area contributed by atoms with Gasteiger partial charge in [0.25, 0.3) is 0 Å². The zero-order chi connectivity index (χ0) is 20.2. The van der Waals surface area contributed by atoms with Crippen LogP contribution in [0.4, 0.5) is 11.4 Å². The lowest BCUT2D eigenvalue weighted by Gasteiger charge is -2.28. The highest BCUT2D eigenvalue weighted by Gasteiger charge is 2.34. The van der Waals surface area contributed by atoms with Crippen molar-refractivity contribution < 1.29 is 14.3 Å². The molecule has 0 radical (unpaired) electrons. The predicted octanol–water partition coefficient (Wildman–Crippen LogP) is 3.16. The number of hydrogen-bond acceptors (Lipinski definition) is 4. The number of rotatable bonds is 5. The number of halogens is 1. The van der Waals surface area contributed by atoms with Crippen LogP contribution in [0, 0.1) is 5.92 Å². The number of nitrogens with zero attached hydrogens (tertiary/aromatic N) is 2. The molecule has 4 rings (SSSR count). The molecule has 0 unspecified atom stereocenters. The SMILES string of the molecule is O=C(Nc1ccc(N2CCOCC2)cc1)[C@H]1CC(=O)N(Cc2ccccc2Cl)C1. The molecule has 2 saturated heterocycles. The van der Waals surface area contributed by atoms with Gasteiger partial charge in [0.15, 0.2) is 0 Å². The number of ether oxygens (including phenoxy) is 1. The van der Waals surface area contributed by atoms with Crippen molar-refractivity contribution in [2.24, 2.45) is 5.92 Å². The van der Waals surface area contributed by atoms with Crippen LogP contribution in [-0.4, -0.2) is 49.6 Å². The molecular formula is C22H24ClN3O3. The molecule has 1 atom stereocenters. The predicted molar refractivity (Wildman–Crippen MR) is 113 cm³/mol. The summed E-state index contributed by atoms with van der Waals surface area (Å²) >= 11 is 6.20. The average Bonchev–Trinajstić information content (AvgIpc) is 3.11. The van der Waals surface area contributed by atoms with E-state index in [0.29, 0.717) is 18.1 Å². The van der Waals surface area contributed by atoms with E-state index in [2.05, 4.69) is 10.2 Å². The van der Waals surface area contributed by atoms with Gasteiger partial charge in [-0.2, -0.15) is 0 Å². The molecule has 6 nitrogen and oxygen atoms in total. The van der Waals surface area contributed by atoms with E-state index in [4.69, 9.17) is 16.3 Å². The van der Waals surface area contributed by atoms with Gasteiger partial charge in [-0.1, -0.05) is 29.8 Å². The van der Waals surface area contributed by atoms with Crippen molar-refractivity contribution in [3.05, 3.63) is 59.1 Å². The Labute approximate surface area is 175 Å². The summed E-state index contributed by atoms with van der Waals surface area (Å²) in [6, 6.07) is 15.3. The molecule has 2 aliphatic rings. The van der Waals surface area contributed by atoms with Gasteiger partial charge in [0.05, 0.1) is 19.1 Å². The molecule has 2 amide bonds. The van der Waals surface area contributed by atoms with Gasteiger partial charge in [-0.25, -0.2) is 0 Å². The fourth-order valence-corrected chi connectivity index (χ4v) is 3.95. The smallest absolute Gasteiger partial charge is 0.229 e. The first kappa shape index (κ1) is 19.7. The Bertz CT molecular complexity index is 881. The Balaban J connectivity index is 1.34. The molecule has 0 spiro atoms. The lowest BCUT2D eigenvalue weighted by molar-refractivity contribution is -0.128. The average molecular weight is 414 g/mol. The Morgan fingerprint density at radius 2 is 1.83 bits per heavy atom. The molecule has 7 heteroatoms. The van der Waals surface area contributed by atoms with E-state index in [9.17, 15) is 9.59 Å². The summed E-state index contributed by atoms with van der Waals surface area (Å²) in [5.41, 5.74) is 2.75. The standard InChI is InChI=1S/C22H24ClN3O3/c23-20-4-2-1-3-16(20)14-26-15-17(13-21(26)27)22(28)24-18-5-7-19(8-6-18)25-9-11-29-12-10-25/h1-8,17H,9-15H2,(H,24,28)/t17-/m0/s1.